The zero-order valence-electron chi connectivity index (χ0n) is 9.45. The summed E-state index contributed by atoms with van der Waals surface area (Å²) in [6, 6.07) is 10.6. The van der Waals surface area contributed by atoms with Crippen molar-refractivity contribution < 1.29 is 5.21 Å². The van der Waals surface area contributed by atoms with E-state index in [2.05, 4.69) is 5.48 Å². The molecule has 0 saturated carbocycles. The highest BCUT2D eigenvalue weighted by atomic mass is 35.5. The highest BCUT2D eigenvalue weighted by molar-refractivity contribution is 6.32. The van der Waals surface area contributed by atoms with Crippen LogP contribution in [0.3, 0.4) is 0 Å². The van der Waals surface area contributed by atoms with Gasteiger partial charge in [-0.3, -0.25) is 10.7 Å². The van der Waals surface area contributed by atoms with E-state index in [4.69, 9.17) is 34.1 Å². The monoisotopic (exact) mass is 282 g/mol. The molecule has 0 heterocycles. The Hall–Kier alpha value is -1.42. The Morgan fingerprint density at radius 1 is 1.00 bits per heavy atom. The van der Waals surface area contributed by atoms with Crippen LogP contribution >= 0.6 is 23.2 Å². The number of nitrogens with two attached hydrogens (primary N) is 1. The number of nitrogens with one attached hydrogen (secondary N) is 1. The number of nitrogen functional groups attached to an aromatic ring is 1. The maximum absolute atomic E-state index is 8.77. The molecule has 0 atom stereocenters. The normalized spacial score (nSPS) is 10.4. The molecule has 2 aromatic carbocycles. The molecule has 0 aliphatic carbocycles. The second kappa shape index (κ2) is 5.48. The average Bonchev–Trinajstić information content (AvgIpc) is 2.34. The van der Waals surface area contributed by atoms with Crippen LogP contribution < -0.4 is 11.2 Å². The van der Waals surface area contributed by atoms with Crippen molar-refractivity contribution in [3.63, 3.8) is 0 Å². The molecule has 94 valence electrons. The molecule has 0 aliphatic rings. The largest absolute Gasteiger partial charge is 0.399 e. The minimum atomic E-state index is 0.548. The summed E-state index contributed by atoms with van der Waals surface area (Å²) in [6.45, 7) is 0. The predicted octanol–water partition coefficient (Wildman–Crippen LogP) is 3.97. The first-order chi connectivity index (χ1) is 8.60. The third-order valence-corrected chi connectivity index (χ3v) is 3.34. The molecule has 0 amide bonds. The van der Waals surface area contributed by atoms with Gasteiger partial charge in [0, 0.05) is 22.2 Å². The summed E-state index contributed by atoms with van der Waals surface area (Å²) in [5, 5.41) is 9.97. The summed E-state index contributed by atoms with van der Waals surface area (Å²) in [5.41, 5.74) is 10.8. The molecule has 2 aromatic rings. The zero-order valence-corrected chi connectivity index (χ0v) is 11.0. The molecule has 4 N–H and O–H groups in total. The minimum absolute atomic E-state index is 0.548. The smallest absolute Gasteiger partial charge is 0.0617 e. The Balaban J connectivity index is 2.28. The Labute approximate surface area is 115 Å². The molecular weight excluding hydrogens is 271 g/mol. The Morgan fingerprint density at radius 2 is 1.61 bits per heavy atom. The van der Waals surface area contributed by atoms with Crippen LogP contribution in [0.5, 0.6) is 0 Å². The molecule has 0 spiro atoms. The van der Waals surface area contributed by atoms with E-state index in [1.807, 2.05) is 12.1 Å². The number of rotatable bonds is 3. The molecular formula is C13H12Cl2N2O. The van der Waals surface area contributed by atoms with E-state index in [0.29, 0.717) is 27.8 Å². The lowest BCUT2D eigenvalue weighted by Gasteiger charge is -2.08. The molecule has 5 heteroatoms. The molecule has 2 rings (SSSR count). The summed E-state index contributed by atoms with van der Waals surface area (Å²) >= 11 is 12.2. The van der Waals surface area contributed by atoms with Crippen LogP contribution in [-0.2, 0) is 6.42 Å². The van der Waals surface area contributed by atoms with Gasteiger partial charge in [-0.1, -0.05) is 35.3 Å². The first-order valence-electron chi connectivity index (χ1n) is 5.32. The van der Waals surface area contributed by atoms with Gasteiger partial charge < -0.3 is 5.73 Å². The number of anilines is 2. The van der Waals surface area contributed by atoms with Crippen LogP contribution in [0.2, 0.25) is 10.0 Å². The van der Waals surface area contributed by atoms with E-state index >= 15 is 0 Å². The highest BCUT2D eigenvalue weighted by Gasteiger charge is 2.06. The van der Waals surface area contributed by atoms with E-state index in [-0.39, 0.29) is 0 Å². The second-order valence-corrected chi connectivity index (χ2v) is 4.76. The molecule has 0 bridgehead atoms. The molecule has 0 unspecified atom stereocenters. The van der Waals surface area contributed by atoms with Gasteiger partial charge in [-0.05, 0) is 35.4 Å². The quantitative estimate of drug-likeness (QED) is 0.590. The number of benzene rings is 2. The van der Waals surface area contributed by atoms with Gasteiger partial charge in [0.2, 0.25) is 0 Å². The molecule has 18 heavy (non-hydrogen) atoms. The van der Waals surface area contributed by atoms with Gasteiger partial charge in [-0.2, -0.15) is 0 Å². The lowest BCUT2D eigenvalue weighted by molar-refractivity contribution is 0.389. The molecule has 0 fully saturated rings. The third kappa shape index (κ3) is 2.88. The van der Waals surface area contributed by atoms with Gasteiger partial charge in [-0.25, -0.2) is 0 Å². The number of halogens is 2. The Bertz CT molecular complexity index is 573. The molecule has 3 nitrogen and oxygen atoms in total. The molecule has 0 aromatic heterocycles. The van der Waals surface area contributed by atoms with Gasteiger partial charge in [0.15, 0.2) is 0 Å². The minimum Gasteiger partial charge on any atom is -0.399 e. The van der Waals surface area contributed by atoms with Crippen LogP contribution in [0.25, 0.3) is 0 Å². The second-order valence-electron chi connectivity index (χ2n) is 3.95. The van der Waals surface area contributed by atoms with Crippen LogP contribution in [0.4, 0.5) is 11.4 Å². The van der Waals surface area contributed by atoms with E-state index in [9.17, 15) is 0 Å². The van der Waals surface area contributed by atoms with Gasteiger partial charge in [-0.15, -0.1) is 0 Å². The van der Waals surface area contributed by atoms with Gasteiger partial charge in [0.1, 0.15) is 0 Å². The van der Waals surface area contributed by atoms with Crippen molar-refractivity contribution in [2.75, 3.05) is 11.2 Å². The van der Waals surface area contributed by atoms with Crippen LogP contribution in [0.15, 0.2) is 36.4 Å². The molecule has 0 radical (unpaired) electrons. The van der Waals surface area contributed by atoms with Crippen molar-refractivity contribution >= 4 is 34.6 Å². The fourth-order valence-electron chi connectivity index (χ4n) is 1.67. The van der Waals surface area contributed by atoms with Crippen molar-refractivity contribution in [3.8, 4) is 0 Å². The van der Waals surface area contributed by atoms with Crippen molar-refractivity contribution in [1.29, 1.82) is 0 Å². The SMILES string of the molecule is Nc1ccc(Cc2ccc(NO)cc2Cl)c(Cl)c1. The average molecular weight is 283 g/mol. The Kier molecular flexibility index (Phi) is 3.97. The van der Waals surface area contributed by atoms with Crippen molar-refractivity contribution in [2.24, 2.45) is 0 Å². The van der Waals surface area contributed by atoms with E-state index in [0.717, 1.165) is 11.1 Å². The van der Waals surface area contributed by atoms with Crippen LogP contribution in [-0.4, -0.2) is 5.21 Å². The van der Waals surface area contributed by atoms with E-state index in [1.54, 1.807) is 24.3 Å². The summed E-state index contributed by atoms with van der Waals surface area (Å²) in [6.07, 6.45) is 0.615. The van der Waals surface area contributed by atoms with Crippen LogP contribution in [0, 0.1) is 0 Å². The fraction of sp³-hybridized carbons (Fsp3) is 0.0769. The summed E-state index contributed by atoms with van der Waals surface area (Å²) in [4.78, 5) is 0. The molecule has 0 saturated heterocycles. The topological polar surface area (TPSA) is 58.3 Å². The van der Waals surface area contributed by atoms with Gasteiger partial charge in [0.05, 0.1) is 5.69 Å². The van der Waals surface area contributed by atoms with Crippen LogP contribution in [0.1, 0.15) is 11.1 Å². The fourth-order valence-corrected chi connectivity index (χ4v) is 2.18. The lowest BCUT2D eigenvalue weighted by Crippen LogP contribution is -1.94. The van der Waals surface area contributed by atoms with Crippen molar-refractivity contribution in [3.05, 3.63) is 57.6 Å². The first kappa shape index (κ1) is 13.0. The first-order valence-corrected chi connectivity index (χ1v) is 6.08. The maximum atomic E-state index is 8.77. The highest BCUT2D eigenvalue weighted by Crippen LogP contribution is 2.27. The predicted molar refractivity (Wildman–Crippen MR) is 75.5 cm³/mol. The third-order valence-electron chi connectivity index (χ3n) is 2.64. The zero-order chi connectivity index (χ0) is 13.1. The number of hydrogen-bond donors (Lipinski definition) is 3. The van der Waals surface area contributed by atoms with E-state index in [1.165, 1.54) is 0 Å². The summed E-state index contributed by atoms with van der Waals surface area (Å²) in [7, 11) is 0. The van der Waals surface area contributed by atoms with Crippen molar-refractivity contribution in [2.45, 2.75) is 6.42 Å². The number of hydrogen-bond acceptors (Lipinski definition) is 3. The maximum Gasteiger partial charge on any atom is 0.0617 e. The molecule has 0 aliphatic heterocycles. The van der Waals surface area contributed by atoms with Crippen molar-refractivity contribution in [1.82, 2.24) is 0 Å². The summed E-state index contributed by atoms with van der Waals surface area (Å²) < 4.78 is 0. The van der Waals surface area contributed by atoms with E-state index < -0.39 is 0 Å². The van der Waals surface area contributed by atoms with Gasteiger partial charge in [0.25, 0.3) is 0 Å². The summed E-state index contributed by atoms with van der Waals surface area (Å²) in [5.74, 6) is 0. The standard InChI is InChI=1S/C13H12Cl2N2O/c14-12-6-10(16)3-1-8(12)5-9-2-4-11(17-18)7-13(9)15/h1-4,6-7,17-18H,5,16H2. The Morgan fingerprint density at radius 3 is 2.17 bits per heavy atom. The lowest BCUT2D eigenvalue weighted by atomic mass is 10.0. The van der Waals surface area contributed by atoms with Gasteiger partial charge >= 0.3 is 0 Å².